The maximum atomic E-state index is 11.7. The van der Waals surface area contributed by atoms with E-state index in [1.54, 1.807) is 11.8 Å². The Morgan fingerprint density at radius 1 is 1.33 bits per heavy atom. The van der Waals surface area contributed by atoms with Gasteiger partial charge in [-0.25, -0.2) is 4.99 Å². The van der Waals surface area contributed by atoms with Gasteiger partial charge in [0.25, 0.3) is 0 Å². The second-order valence-electron chi connectivity index (χ2n) is 3.89. The van der Waals surface area contributed by atoms with Crippen LogP contribution in [0.15, 0.2) is 34.2 Å². The van der Waals surface area contributed by atoms with Crippen LogP contribution in [0.25, 0.3) is 0 Å². The lowest BCUT2D eigenvalue weighted by molar-refractivity contribution is -0.113. The smallest absolute Gasteiger partial charge is 0.178 e. The first-order valence-electron chi connectivity index (χ1n) is 5.22. The molecular weight excluding hydrogens is 206 g/mol. The first kappa shape index (κ1) is 9.16. The number of rotatable bonds is 0. The quantitative estimate of drug-likeness (QED) is 0.668. The van der Waals surface area contributed by atoms with Gasteiger partial charge in [-0.05, 0) is 25.0 Å². The maximum Gasteiger partial charge on any atom is 0.178 e. The van der Waals surface area contributed by atoms with Crippen molar-refractivity contribution < 1.29 is 4.79 Å². The van der Waals surface area contributed by atoms with E-state index in [0.29, 0.717) is 11.7 Å². The predicted octanol–water partition coefficient (Wildman–Crippen LogP) is 2.99. The minimum atomic E-state index is 0.244. The van der Waals surface area contributed by atoms with Gasteiger partial charge in [-0.3, -0.25) is 4.79 Å². The molecule has 76 valence electrons. The molecule has 1 atom stereocenters. The summed E-state index contributed by atoms with van der Waals surface area (Å²) in [7, 11) is 0. The summed E-state index contributed by atoms with van der Waals surface area (Å²) in [6, 6.07) is 8.06. The molecule has 1 saturated carbocycles. The first-order valence-corrected chi connectivity index (χ1v) is 6.10. The summed E-state index contributed by atoms with van der Waals surface area (Å²) in [5.41, 5.74) is 1.76. The number of carbonyl (C=O) groups is 1. The lowest BCUT2D eigenvalue weighted by Crippen LogP contribution is -2.32. The Bertz CT molecular complexity index is 453. The fourth-order valence-corrected chi connectivity index (χ4v) is 3.35. The molecule has 1 aliphatic heterocycles. The normalized spacial score (nSPS) is 24.1. The molecule has 0 amide bonds. The summed E-state index contributed by atoms with van der Waals surface area (Å²) in [6.45, 7) is 0. The standard InChI is InChI=1S/C12H11NOS/c14-9-5-3-7-11-12(9)13-8-4-1-2-6-10(8)15-11/h1-2,4,6,11H,3,5,7H2. The van der Waals surface area contributed by atoms with E-state index < -0.39 is 0 Å². The van der Waals surface area contributed by atoms with Gasteiger partial charge < -0.3 is 0 Å². The molecular formula is C12H11NOS. The van der Waals surface area contributed by atoms with Gasteiger partial charge in [0.05, 0.1) is 16.6 Å². The fourth-order valence-electron chi connectivity index (χ4n) is 2.07. The van der Waals surface area contributed by atoms with Crippen LogP contribution in [-0.4, -0.2) is 16.7 Å². The molecule has 2 aliphatic rings. The van der Waals surface area contributed by atoms with Crippen LogP contribution in [0.1, 0.15) is 19.3 Å². The summed E-state index contributed by atoms with van der Waals surface area (Å²) in [5, 5.41) is 0.307. The van der Waals surface area contributed by atoms with Crippen molar-refractivity contribution in [1.29, 1.82) is 0 Å². The van der Waals surface area contributed by atoms with Crippen molar-refractivity contribution >= 4 is 28.9 Å². The Morgan fingerprint density at radius 3 is 3.13 bits per heavy atom. The van der Waals surface area contributed by atoms with Gasteiger partial charge in [0.15, 0.2) is 5.78 Å². The molecule has 15 heavy (non-hydrogen) atoms. The topological polar surface area (TPSA) is 29.4 Å². The zero-order valence-corrected chi connectivity index (χ0v) is 9.09. The molecule has 0 spiro atoms. The highest BCUT2D eigenvalue weighted by Crippen LogP contribution is 2.41. The summed E-state index contributed by atoms with van der Waals surface area (Å²) < 4.78 is 0. The van der Waals surface area contributed by atoms with Gasteiger partial charge in [-0.1, -0.05) is 12.1 Å². The highest BCUT2D eigenvalue weighted by atomic mass is 32.2. The fraction of sp³-hybridized carbons (Fsp3) is 0.333. The highest BCUT2D eigenvalue weighted by molar-refractivity contribution is 8.01. The lowest BCUT2D eigenvalue weighted by atomic mass is 9.96. The van der Waals surface area contributed by atoms with Crippen molar-refractivity contribution in [2.24, 2.45) is 4.99 Å². The van der Waals surface area contributed by atoms with Crippen LogP contribution < -0.4 is 0 Å². The number of fused-ring (bicyclic) bond motifs is 2. The molecule has 0 bridgehead atoms. The van der Waals surface area contributed by atoms with E-state index in [1.807, 2.05) is 18.2 Å². The molecule has 2 nitrogen and oxygen atoms in total. The molecule has 1 heterocycles. The van der Waals surface area contributed by atoms with Crippen LogP contribution in [-0.2, 0) is 4.79 Å². The van der Waals surface area contributed by atoms with Crippen molar-refractivity contribution in [3.63, 3.8) is 0 Å². The Morgan fingerprint density at radius 2 is 2.20 bits per heavy atom. The number of carbonyl (C=O) groups excluding carboxylic acids is 1. The average molecular weight is 217 g/mol. The van der Waals surface area contributed by atoms with Gasteiger partial charge in [-0.15, -0.1) is 11.8 Å². The second kappa shape index (κ2) is 3.49. The molecule has 0 saturated heterocycles. The van der Waals surface area contributed by atoms with E-state index in [1.165, 1.54) is 4.90 Å². The van der Waals surface area contributed by atoms with Gasteiger partial charge in [0, 0.05) is 11.3 Å². The molecule has 1 unspecified atom stereocenters. The number of benzene rings is 1. The number of thioether (sulfide) groups is 1. The van der Waals surface area contributed by atoms with E-state index in [9.17, 15) is 4.79 Å². The maximum absolute atomic E-state index is 11.7. The largest absolute Gasteiger partial charge is 0.293 e. The van der Waals surface area contributed by atoms with Crippen molar-refractivity contribution in [3.8, 4) is 0 Å². The number of nitrogens with zero attached hydrogens (tertiary/aromatic N) is 1. The summed E-state index contributed by atoms with van der Waals surface area (Å²) >= 11 is 1.79. The number of hydrogen-bond acceptors (Lipinski definition) is 3. The van der Waals surface area contributed by atoms with Crippen molar-refractivity contribution in [1.82, 2.24) is 0 Å². The molecule has 0 aromatic heterocycles. The molecule has 1 aromatic carbocycles. The minimum Gasteiger partial charge on any atom is -0.293 e. The van der Waals surface area contributed by atoms with E-state index in [4.69, 9.17) is 0 Å². The highest BCUT2D eigenvalue weighted by Gasteiger charge is 2.31. The molecule has 3 heteroatoms. The molecule has 1 aromatic rings. The minimum absolute atomic E-state index is 0.244. The van der Waals surface area contributed by atoms with Crippen LogP contribution in [0.5, 0.6) is 0 Å². The van der Waals surface area contributed by atoms with Crippen molar-refractivity contribution in [2.45, 2.75) is 29.4 Å². The molecule has 0 N–H and O–H groups in total. The number of aliphatic imine (C=N–C) groups is 1. The second-order valence-corrected chi connectivity index (χ2v) is 5.13. The monoisotopic (exact) mass is 217 g/mol. The van der Waals surface area contributed by atoms with Crippen LogP contribution in [0, 0.1) is 0 Å². The van der Waals surface area contributed by atoms with Gasteiger partial charge in [-0.2, -0.15) is 0 Å². The van der Waals surface area contributed by atoms with Crippen LogP contribution in [0.3, 0.4) is 0 Å². The summed E-state index contributed by atoms with van der Waals surface area (Å²) in [5.74, 6) is 0.244. The Labute approximate surface area is 92.8 Å². The third kappa shape index (κ3) is 1.51. The summed E-state index contributed by atoms with van der Waals surface area (Å²) in [6.07, 6.45) is 2.78. The van der Waals surface area contributed by atoms with Crippen LogP contribution in [0.4, 0.5) is 5.69 Å². The van der Waals surface area contributed by atoms with Crippen LogP contribution >= 0.6 is 11.8 Å². The zero-order valence-electron chi connectivity index (χ0n) is 8.27. The van der Waals surface area contributed by atoms with Crippen molar-refractivity contribution in [3.05, 3.63) is 24.3 Å². The number of para-hydroxylation sites is 1. The molecule has 1 aliphatic carbocycles. The SMILES string of the molecule is O=C1CCCC2Sc3ccccc3N=C12. The first-order chi connectivity index (χ1) is 7.34. The average Bonchev–Trinajstić information content (AvgIpc) is 2.27. The Kier molecular flexibility index (Phi) is 2.13. The number of Topliss-reactive ketones (excluding diaryl/α,β-unsaturated/α-hetero) is 1. The lowest BCUT2D eigenvalue weighted by Gasteiger charge is -2.26. The van der Waals surface area contributed by atoms with Gasteiger partial charge in [0.2, 0.25) is 0 Å². The molecule has 0 radical (unpaired) electrons. The molecule has 3 rings (SSSR count). The number of ketones is 1. The third-order valence-electron chi connectivity index (χ3n) is 2.84. The Balaban J connectivity index is 2.08. The van der Waals surface area contributed by atoms with Crippen molar-refractivity contribution in [2.75, 3.05) is 0 Å². The third-order valence-corrected chi connectivity index (χ3v) is 4.18. The van der Waals surface area contributed by atoms with E-state index in [0.717, 1.165) is 24.2 Å². The molecule has 1 fully saturated rings. The van der Waals surface area contributed by atoms with E-state index in [-0.39, 0.29) is 5.78 Å². The van der Waals surface area contributed by atoms with Gasteiger partial charge in [0.1, 0.15) is 0 Å². The van der Waals surface area contributed by atoms with E-state index >= 15 is 0 Å². The van der Waals surface area contributed by atoms with E-state index in [2.05, 4.69) is 11.1 Å². The van der Waals surface area contributed by atoms with Crippen LogP contribution in [0.2, 0.25) is 0 Å². The predicted molar refractivity (Wildman–Crippen MR) is 62.0 cm³/mol. The zero-order chi connectivity index (χ0) is 10.3. The summed E-state index contributed by atoms with van der Waals surface area (Å²) in [4.78, 5) is 17.4. The Hall–Kier alpha value is -1.09. The number of hydrogen-bond donors (Lipinski definition) is 0. The van der Waals surface area contributed by atoms with Gasteiger partial charge >= 0.3 is 0 Å².